The van der Waals surface area contributed by atoms with Crippen molar-refractivity contribution in [3.63, 3.8) is 0 Å². The summed E-state index contributed by atoms with van der Waals surface area (Å²) in [5.41, 5.74) is 2.90. The molecule has 1 amide bonds. The van der Waals surface area contributed by atoms with Gasteiger partial charge in [-0.3, -0.25) is 4.79 Å². The standard InChI is InChI=1S/C27H30Cl2N4O2Si/c1-27(2,3)36(4,5)35-16-15-33(26(34)23-24(28)30-18-31-25(23)29)21-11-12-22-19(17-21)13-14-32(22)20-9-7-6-8-10-20/h6-14,17-18H,15-16H2,1-5H3. The van der Waals surface area contributed by atoms with Crippen LogP contribution in [0.5, 0.6) is 0 Å². The number of carbonyl (C=O) groups excluding carboxylic acids is 1. The molecular formula is C27H30Cl2N4O2Si. The van der Waals surface area contributed by atoms with Crippen molar-refractivity contribution in [2.45, 2.75) is 38.9 Å². The van der Waals surface area contributed by atoms with E-state index in [1.165, 1.54) is 6.33 Å². The summed E-state index contributed by atoms with van der Waals surface area (Å²) in [6.45, 7) is 11.7. The van der Waals surface area contributed by atoms with E-state index in [1.54, 1.807) is 4.90 Å². The maximum Gasteiger partial charge on any atom is 0.264 e. The largest absolute Gasteiger partial charge is 0.415 e. The van der Waals surface area contributed by atoms with E-state index in [-0.39, 0.29) is 26.8 Å². The summed E-state index contributed by atoms with van der Waals surface area (Å²) in [6, 6.07) is 18.1. The predicted octanol–water partition coefficient (Wildman–Crippen LogP) is 7.40. The molecule has 0 spiro atoms. The fourth-order valence-corrected chi connectivity index (χ4v) is 5.23. The van der Waals surface area contributed by atoms with Crippen LogP contribution in [0.1, 0.15) is 31.1 Å². The lowest BCUT2D eigenvalue weighted by Gasteiger charge is -2.37. The van der Waals surface area contributed by atoms with Crippen molar-refractivity contribution in [2.24, 2.45) is 0 Å². The summed E-state index contributed by atoms with van der Waals surface area (Å²) in [5, 5.41) is 1.10. The Bertz CT molecular complexity index is 1360. The number of hydrogen-bond acceptors (Lipinski definition) is 4. The molecule has 188 valence electrons. The summed E-state index contributed by atoms with van der Waals surface area (Å²) in [6.07, 6.45) is 3.26. The average Bonchev–Trinajstić information content (AvgIpc) is 3.25. The summed E-state index contributed by atoms with van der Waals surface area (Å²) in [5.74, 6) is -0.369. The summed E-state index contributed by atoms with van der Waals surface area (Å²) in [4.78, 5) is 23.3. The second kappa shape index (κ2) is 10.3. The normalized spacial score (nSPS) is 12.2. The third-order valence-electron chi connectivity index (χ3n) is 6.82. The third kappa shape index (κ3) is 5.34. The molecule has 6 nitrogen and oxygen atoms in total. The zero-order valence-electron chi connectivity index (χ0n) is 21.1. The number of benzene rings is 2. The van der Waals surface area contributed by atoms with Crippen molar-refractivity contribution in [1.82, 2.24) is 14.5 Å². The molecule has 4 rings (SSSR count). The highest BCUT2D eigenvalue weighted by Gasteiger charge is 2.37. The summed E-state index contributed by atoms with van der Waals surface area (Å²) >= 11 is 12.6. The molecule has 0 radical (unpaired) electrons. The van der Waals surface area contributed by atoms with Gasteiger partial charge in [0.2, 0.25) is 0 Å². The number of rotatable bonds is 7. The van der Waals surface area contributed by atoms with Crippen molar-refractivity contribution in [3.05, 3.63) is 83.0 Å². The number of aromatic nitrogens is 3. The highest BCUT2D eigenvalue weighted by atomic mass is 35.5. The molecule has 0 bridgehead atoms. The van der Waals surface area contributed by atoms with Crippen molar-refractivity contribution < 1.29 is 9.22 Å². The molecule has 4 aromatic rings. The van der Waals surface area contributed by atoms with Crippen molar-refractivity contribution in [2.75, 3.05) is 18.1 Å². The molecule has 0 saturated carbocycles. The number of nitrogens with zero attached hydrogens (tertiary/aromatic N) is 4. The van der Waals surface area contributed by atoms with Crippen LogP contribution < -0.4 is 4.90 Å². The van der Waals surface area contributed by atoms with E-state index in [9.17, 15) is 4.79 Å². The first-order chi connectivity index (χ1) is 17.0. The maximum absolute atomic E-state index is 13.7. The second-order valence-corrected chi connectivity index (χ2v) is 15.7. The van der Waals surface area contributed by atoms with Crippen LogP contribution in [0.4, 0.5) is 5.69 Å². The molecule has 0 saturated heterocycles. The van der Waals surface area contributed by atoms with Crippen LogP contribution in [0.25, 0.3) is 16.6 Å². The zero-order valence-corrected chi connectivity index (χ0v) is 23.6. The maximum atomic E-state index is 13.7. The molecule has 0 fully saturated rings. The van der Waals surface area contributed by atoms with Gasteiger partial charge in [-0.25, -0.2) is 9.97 Å². The number of amides is 1. The summed E-state index contributed by atoms with van der Waals surface area (Å²) < 4.78 is 8.50. The van der Waals surface area contributed by atoms with Gasteiger partial charge in [-0.05, 0) is 54.5 Å². The lowest BCUT2D eigenvalue weighted by molar-refractivity contribution is 0.0981. The minimum Gasteiger partial charge on any atom is -0.415 e. The van der Waals surface area contributed by atoms with Crippen LogP contribution in [-0.2, 0) is 4.43 Å². The lowest BCUT2D eigenvalue weighted by Crippen LogP contribution is -2.43. The Hall–Kier alpha value is -2.71. The highest BCUT2D eigenvalue weighted by molar-refractivity contribution is 6.74. The van der Waals surface area contributed by atoms with E-state index in [0.717, 1.165) is 16.6 Å². The van der Waals surface area contributed by atoms with Gasteiger partial charge in [0.1, 0.15) is 22.2 Å². The van der Waals surface area contributed by atoms with Gasteiger partial charge in [0, 0.05) is 29.5 Å². The Morgan fingerprint density at radius 1 is 1.03 bits per heavy atom. The Balaban J connectivity index is 1.70. The molecule has 0 atom stereocenters. The van der Waals surface area contributed by atoms with Gasteiger partial charge >= 0.3 is 0 Å². The Morgan fingerprint density at radius 3 is 2.33 bits per heavy atom. The topological polar surface area (TPSA) is 60.2 Å². The Morgan fingerprint density at radius 2 is 1.69 bits per heavy atom. The number of hydrogen-bond donors (Lipinski definition) is 0. The minimum absolute atomic E-state index is 0.0200. The van der Waals surface area contributed by atoms with Gasteiger partial charge in [0.05, 0.1) is 12.1 Å². The molecule has 36 heavy (non-hydrogen) atoms. The van der Waals surface area contributed by atoms with E-state index in [1.807, 2.05) is 48.7 Å². The second-order valence-electron chi connectivity index (χ2n) is 10.2. The molecule has 2 aromatic carbocycles. The zero-order chi connectivity index (χ0) is 26.1. The first-order valence-electron chi connectivity index (χ1n) is 11.8. The van der Waals surface area contributed by atoms with Crippen LogP contribution in [0.15, 0.2) is 67.1 Å². The van der Waals surface area contributed by atoms with Gasteiger partial charge in [-0.1, -0.05) is 62.2 Å². The van der Waals surface area contributed by atoms with E-state index in [4.69, 9.17) is 27.6 Å². The van der Waals surface area contributed by atoms with Gasteiger partial charge in [-0.2, -0.15) is 0 Å². The van der Waals surface area contributed by atoms with Crippen molar-refractivity contribution in [1.29, 1.82) is 0 Å². The molecule has 2 aromatic heterocycles. The number of fused-ring (bicyclic) bond motifs is 1. The number of halogens is 2. The Labute approximate surface area is 223 Å². The average molecular weight is 542 g/mol. The molecule has 2 heterocycles. The Kier molecular flexibility index (Phi) is 7.57. The van der Waals surface area contributed by atoms with Crippen LogP contribution in [0.2, 0.25) is 28.4 Å². The minimum atomic E-state index is -2.00. The van der Waals surface area contributed by atoms with Crippen LogP contribution >= 0.6 is 23.2 Å². The molecule has 0 N–H and O–H groups in total. The van der Waals surface area contributed by atoms with Crippen molar-refractivity contribution in [3.8, 4) is 5.69 Å². The van der Waals surface area contributed by atoms with Crippen LogP contribution in [-0.4, -0.2) is 41.9 Å². The number of para-hydroxylation sites is 1. The summed E-state index contributed by atoms with van der Waals surface area (Å²) in [7, 11) is -2.00. The van der Waals surface area contributed by atoms with Gasteiger partial charge in [0.25, 0.3) is 5.91 Å². The molecule has 0 aliphatic heterocycles. The monoisotopic (exact) mass is 540 g/mol. The third-order valence-corrected chi connectivity index (χ3v) is 11.9. The smallest absolute Gasteiger partial charge is 0.264 e. The highest BCUT2D eigenvalue weighted by Crippen LogP contribution is 2.36. The fraction of sp³-hybridized carbons (Fsp3) is 0.296. The van der Waals surface area contributed by atoms with E-state index >= 15 is 0 Å². The first-order valence-corrected chi connectivity index (χ1v) is 15.4. The van der Waals surface area contributed by atoms with Gasteiger partial charge < -0.3 is 13.9 Å². The van der Waals surface area contributed by atoms with Crippen LogP contribution in [0, 0.1) is 0 Å². The molecular weight excluding hydrogens is 511 g/mol. The first kappa shape index (κ1) is 26.4. The van der Waals surface area contributed by atoms with Crippen LogP contribution in [0.3, 0.4) is 0 Å². The van der Waals surface area contributed by atoms with Gasteiger partial charge in [-0.15, -0.1) is 0 Å². The van der Waals surface area contributed by atoms with E-state index < -0.39 is 8.32 Å². The molecule has 0 unspecified atom stereocenters. The molecule has 0 aliphatic carbocycles. The van der Waals surface area contributed by atoms with Gasteiger partial charge in [0.15, 0.2) is 8.32 Å². The predicted molar refractivity (Wildman–Crippen MR) is 150 cm³/mol. The van der Waals surface area contributed by atoms with E-state index in [2.05, 4.69) is 60.5 Å². The lowest BCUT2D eigenvalue weighted by atomic mass is 10.2. The number of carbonyl (C=O) groups is 1. The number of anilines is 1. The molecule has 9 heteroatoms. The fourth-order valence-electron chi connectivity index (χ4n) is 3.72. The quantitative estimate of drug-likeness (QED) is 0.181. The molecule has 0 aliphatic rings. The van der Waals surface area contributed by atoms with Crippen molar-refractivity contribution >= 4 is 54.0 Å². The SMILES string of the molecule is CC(C)(C)[Si](C)(C)OCCN(C(=O)c1c(Cl)ncnc1Cl)c1ccc2c(ccn2-c2ccccc2)c1. The van der Waals surface area contributed by atoms with E-state index in [0.29, 0.717) is 18.8 Å².